The second-order valence-electron chi connectivity index (χ2n) is 3.58. The van der Waals surface area contributed by atoms with Gasteiger partial charge in [-0.05, 0) is 17.7 Å². The SMILES string of the molecule is O=C1Cc2cc(C(=O)CCCl)c(Cl)cc2N1. The number of ketones is 1. The first-order chi connectivity index (χ1) is 7.61. The van der Waals surface area contributed by atoms with E-state index >= 15 is 0 Å². The molecule has 3 nitrogen and oxygen atoms in total. The Morgan fingerprint density at radius 2 is 2.19 bits per heavy atom. The fraction of sp³-hybridized carbons (Fsp3) is 0.273. The smallest absolute Gasteiger partial charge is 0.228 e. The summed E-state index contributed by atoms with van der Waals surface area (Å²) in [7, 11) is 0. The zero-order chi connectivity index (χ0) is 11.7. The highest BCUT2D eigenvalue weighted by molar-refractivity contribution is 6.34. The maximum atomic E-state index is 11.7. The molecule has 0 saturated heterocycles. The van der Waals surface area contributed by atoms with E-state index in [-0.39, 0.29) is 24.0 Å². The highest BCUT2D eigenvalue weighted by Gasteiger charge is 2.21. The first kappa shape index (κ1) is 11.4. The second kappa shape index (κ2) is 4.44. The number of carbonyl (C=O) groups is 2. The molecule has 1 N–H and O–H groups in total. The van der Waals surface area contributed by atoms with Gasteiger partial charge < -0.3 is 5.32 Å². The summed E-state index contributed by atoms with van der Waals surface area (Å²) in [6, 6.07) is 3.29. The van der Waals surface area contributed by atoms with Crippen LogP contribution >= 0.6 is 23.2 Å². The number of Topliss-reactive ketones (excluding diaryl/α,β-unsaturated/α-hetero) is 1. The number of hydrogen-bond donors (Lipinski definition) is 1. The zero-order valence-corrected chi connectivity index (χ0v) is 9.86. The Morgan fingerprint density at radius 1 is 1.44 bits per heavy atom. The van der Waals surface area contributed by atoms with E-state index in [9.17, 15) is 9.59 Å². The summed E-state index contributed by atoms with van der Waals surface area (Å²) in [4.78, 5) is 22.8. The number of alkyl halides is 1. The molecule has 2 rings (SSSR count). The first-order valence-corrected chi connectivity index (χ1v) is 5.74. The molecule has 5 heteroatoms. The maximum absolute atomic E-state index is 11.7. The third kappa shape index (κ3) is 2.06. The Bertz CT molecular complexity index is 471. The van der Waals surface area contributed by atoms with Crippen molar-refractivity contribution in [3.63, 3.8) is 0 Å². The molecule has 0 unspecified atom stereocenters. The normalized spacial score (nSPS) is 13.5. The molecule has 84 valence electrons. The van der Waals surface area contributed by atoms with Gasteiger partial charge in [0.15, 0.2) is 5.78 Å². The molecule has 0 saturated carbocycles. The molecule has 0 aliphatic carbocycles. The highest BCUT2D eigenvalue weighted by Crippen LogP contribution is 2.30. The Hall–Kier alpha value is -1.06. The standard InChI is InChI=1S/C11H9Cl2NO2/c12-2-1-10(15)7-3-6-4-11(16)14-9(6)5-8(7)13/h3,5H,1-2,4H2,(H,14,16). The molecule has 1 heterocycles. The summed E-state index contributed by atoms with van der Waals surface area (Å²) in [5.41, 5.74) is 1.95. The van der Waals surface area contributed by atoms with Crippen LogP contribution in [0.3, 0.4) is 0 Å². The van der Waals surface area contributed by atoms with Crippen molar-refractivity contribution in [1.82, 2.24) is 0 Å². The minimum absolute atomic E-state index is 0.0759. The Kier molecular flexibility index (Phi) is 3.17. The predicted molar refractivity (Wildman–Crippen MR) is 63.5 cm³/mol. The van der Waals surface area contributed by atoms with E-state index in [1.54, 1.807) is 12.1 Å². The van der Waals surface area contributed by atoms with E-state index < -0.39 is 0 Å². The molecule has 1 aliphatic rings. The third-order valence-electron chi connectivity index (χ3n) is 2.44. The molecule has 0 spiro atoms. The number of halogens is 2. The number of hydrogen-bond acceptors (Lipinski definition) is 2. The molecule has 0 aromatic heterocycles. The largest absolute Gasteiger partial charge is 0.325 e. The molecule has 1 aliphatic heterocycles. The van der Waals surface area contributed by atoms with Crippen molar-refractivity contribution in [3.05, 3.63) is 28.3 Å². The van der Waals surface area contributed by atoms with Crippen molar-refractivity contribution in [2.75, 3.05) is 11.2 Å². The lowest BCUT2D eigenvalue weighted by Gasteiger charge is -2.05. The average molecular weight is 258 g/mol. The summed E-state index contributed by atoms with van der Waals surface area (Å²) in [6.07, 6.45) is 0.551. The van der Waals surface area contributed by atoms with Gasteiger partial charge in [-0.3, -0.25) is 9.59 Å². The van der Waals surface area contributed by atoms with Gasteiger partial charge in [-0.1, -0.05) is 11.6 Å². The molecular formula is C11H9Cl2NO2. The molecule has 16 heavy (non-hydrogen) atoms. The van der Waals surface area contributed by atoms with E-state index in [0.717, 1.165) is 5.56 Å². The topological polar surface area (TPSA) is 46.2 Å². The van der Waals surface area contributed by atoms with E-state index in [0.29, 0.717) is 22.7 Å². The van der Waals surface area contributed by atoms with Crippen LogP contribution in [-0.4, -0.2) is 17.6 Å². The number of carbonyl (C=O) groups excluding carboxylic acids is 2. The van der Waals surface area contributed by atoms with Crippen LogP contribution in [0.25, 0.3) is 0 Å². The zero-order valence-electron chi connectivity index (χ0n) is 8.35. The fourth-order valence-electron chi connectivity index (χ4n) is 1.68. The van der Waals surface area contributed by atoms with Crippen LogP contribution < -0.4 is 5.32 Å². The van der Waals surface area contributed by atoms with E-state index in [4.69, 9.17) is 23.2 Å². The van der Waals surface area contributed by atoms with Crippen LogP contribution in [0.1, 0.15) is 22.3 Å². The van der Waals surface area contributed by atoms with E-state index in [1.165, 1.54) is 0 Å². The third-order valence-corrected chi connectivity index (χ3v) is 2.94. The van der Waals surface area contributed by atoms with Gasteiger partial charge in [0, 0.05) is 23.6 Å². The molecule has 1 amide bonds. The van der Waals surface area contributed by atoms with Gasteiger partial charge in [0.05, 0.1) is 11.4 Å². The monoisotopic (exact) mass is 257 g/mol. The van der Waals surface area contributed by atoms with Crippen molar-refractivity contribution >= 4 is 40.6 Å². The number of benzene rings is 1. The van der Waals surface area contributed by atoms with E-state index in [2.05, 4.69) is 5.32 Å². The second-order valence-corrected chi connectivity index (χ2v) is 4.36. The van der Waals surface area contributed by atoms with Crippen LogP contribution in [0, 0.1) is 0 Å². The molecule has 0 bridgehead atoms. The van der Waals surface area contributed by atoms with Crippen molar-refractivity contribution in [3.8, 4) is 0 Å². The van der Waals surface area contributed by atoms with Gasteiger partial charge in [0.25, 0.3) is 0 Å². The Morgan fingerprint density at radius 3 is 2.88 bits per heavy atom. The van der Waals surface area contributed by atoms with Crippen molar-refractivity contribution in [2.24, 2.45) is 0 Å². The summed E-state index contributed by atoms with van der Waals surface area (Å²) in [6.45, 7) is 0. The van der Waals surface area contributed by atoms with Crippen molar-refractivity contribution < 1.29 is 9.59 Å². The lowest BCUT2D eigenvalue weighted by molar-refractivity contribution is -0.115. The molecule has 0 radical (unpaired) electrons. The van der Waals surface area contributed by atoms with Gasteiger partial charge in [-0.15, -0.1) is 11.6 Å². The molecule has 1 aromatic rings. The van der Waals surface area contributed by atoms with Gasteiger partial charge in [-0.25, -0.2) is 0 Å². The number of amides is 1. The fourth-order valence-corrected chi connectivity index (χ4v) is 2.12. The quantitative estimate of drug-likeness (QED) is 0.669. The molecule has 1 aromatic carbocycles. The van der Waals surface area contributed by atoms with Crippen LogP contribution in [0.5, 0.6) is 0 Å². The van der Waals surface area contributed by atoms with Crippen LogP contribution in [0.15, 0.2) is 12.1 Å². The number of nitrogens with one attached hydrogen (secondary N) is 1. The molecular weight excluding hydrogens is 249 g/mol. The van der Waals surface area contributed by atoms with Gasteiger partial charge in [0.1, 0.15) is 0 Å². The minimum Gasteiger partial charge on any atom is -0.325 e. The minimum atomic E-state index is -0.0952. The van der Waals surface area contributed by atoms with Crippen LogP contribution in [0.2, 0.25) is 5.02 Å². The summed E-state index contributed by atoms with van der Waals surface area (Å²) in [5, 5.41) is 3.03. The maximum Gasteiger partial charge on any atom is 0.228 e. The van der Waals surface area contributed by atoms with Crippen molar-refractivity contribution in [2.45, 2.75) is 12.8 Å². The van der Waals surface area contributed by atoms with Crippen LogP contribution in [0.4, 0.5) is 5.69 Å². The van der Waals surface area contributed by atoms with Gasteiger partial charge >= 0.3 is 0 Å². The lowest BCUT2D eigenvalue weighted by atomic mass is 10.0. The number of anilines is 1. The van der Waals surface area contributed by atoms with Crippen molar-refractivity contribution in [1.29, 1.82) is 0 Å². The summed E-state index contributed by atoms with van der Waals surface area (Å²) < 4.78 is 0. The molecule has 0 atom stereocenters. The lowest BCUT2D eigenvalue weighted by Crippen LogP contribution is -2.03. The van der Waals surface area contributed by atoms with Gasteiger partial charge in [-0.2, -0.15) is 0 Å². The molecule has 0 fully saturated rings. The number of rotatable bonds is 3. The highest BCUT2D eigenvalue weighted by atomic mass is 35.5. The Balaban J connectivity index is 2.38. The number of fused-ring (bicyclic) bond motifs is 1. The van der Waals surface area contributed by atoms with Crippen LogP contribution in [-0.2, 0) is 11.2 Å². The average Bonchev–Trinajstić information content (AvgIpc) is 2.56. The summed E-state index contributed by atoms with van der Waals surface area (Å²) in [5.74, 6) is 0.0961. The van der Waals surface area contributed by atoms with E-state index in [1.807, 2.05) is 0 Å². The first-order valence-electron chi connectivity index (χ1n) is 4.83. The predicted octanol–water partition coefficient (Wildman–Crippen LogP) is 2.65. The van der Waals surface area contributed by atoms with Gasteiger partial charge in [0.2, 0.25) is 5.91 Å². The Labute approximate surface area is 103 Å². The summed E-state index contributed by atoms with van der Waals surface area (Å²) >= 11 is 11.5.